The molecule has 0 radical (unpaired) electrons. The van der Waals surface area contributed by atoms with Crippen LogP contribution in [-0.2, 0) is 4.79 Å². The molecule has 1 amide bonds. The highest BCUT2D eigenvalue weighted by Gasteiger charge is 2.00. The highest BCUT2D eigenvalue weighted by Crippen LogP contribution is 2.05. The number of carboxylic acid groups (broad SMARTS) is 1. The fourth-order valence-corrected chi connectivity index (χ4v) is 1.06. The molecule has 0 aromatic heterocycles. The van der Waals surface area contributed by atoms with E-state index in [4.69, 9.17) is 5.11 Å². The number of hydrogen-bond donors (Lipinski definition) is 2. The van der Waals surface area contributed by atoms with Crippen molar-refractivity contribution in [3.05, 3.63) is 41.5 Å². The van der Waals surface area contributed by atoms with Gasteiger partial charge in [-0.2, -0.15) is 0 Å². The highest BCUT2D eigenvalue weighted by atomic mass is 16.4. The molecule has 0 saturated carbocycles. The lowest BCUT2D eigenvalue weighted by atomic mass is 10.1. The highest BCUT2D eigenvalue weighted by molar-refractivity contribution is 5.94. The van der Waals surface area contributed by atoms with Crippen LogP contribution in [0.3, 0.4) is 0 Å². The molecule has 0 aliphatic carbocycles. The van der Waals surface area contributed by atoms with Gasteiger partial charge in [0.2, 0.25) is 0 Å². The molecule has 0 bridgehead atoms. The van der Waals surface area contributed by atoms with Crippen molar-refractivity contribution in [2.45, 2.75) is 0 Å². The summed E-state index contributed by atoms with van der Waals surface area (Å²) in [6, 6.07) is 6.65. The fraction of sp³-hybridized carbons (Fsp3) is 0.0909. The third kappa shape index (κ3) is 3.27. The lowest BCUT2D eigenvalue weighted by molar-refractivity contribution is -0.131. The topological polar surface area (TPSA) is 66.4 Å². The molecule has 1 aromatic carbocycles. The van der Waals surface area contributed by atoms with Crippen molar-refractivity contribution in [1.29, 1.82) is 0 Å². The van der Waals surface area contributed by atoms with Crippen LogP contribution in [0.1, 0.15) is 15.9 Å². The van der Waals surface area contributed by atoms with Gasteiger partial charge in [0.15, 0.2) is 0 Å². The first kappa shape index (κ1) is 11.0. The Balaban J connectivity index is 2.81. The van der Waals surface area contributed by atoms with Crippen LogP contribution in [-0.4, -0.2) is 24.0 Å². The molecule has 0 heterocycles. The van der Waals surface area contributed by atoms with Crippen molar-refractivity contribution in [2.24, 2.45) is 0 Å². The summed E-state index contributed by atoms with van der Waals surface area (Å²) in [5.41, 5.74) is 1.29. The lowest BCUT2D eigenvalue weighted by Gasteiger charge is -1.99. The van der Waals surface area contributed by atoms with Crippen molar-refractivity contribution in [3.8, 4) is 0 Å². The fourth-order valence-electron chi connectivity index (χ4n) is 1.06. The Bertz CT molecular complexity index is 393. The summed E-state index contributed by atoms with van der Waals surface area (Å²) in [5, 5.41) is 10.9. The number of benzene rings is 1. The number of nitrogens with one attached hydrogen (secondary N) is 1. The van der Waals surface area contributed by atoms with Crippen molar-refractivity contribution in [2.75, 3.05) is 7.05 Å². The van der Waals surface area contributed by atoms with Crippen LogP contribution < -0.4 is 5.32 Å². The molecule has 4 heteroatoms. The Labute approximate surface area is 87.2 Å². The first-order valence-corrected chi connectivity index (χ1v) is 4.36. The zero-order valence-electron chi connectivity index (χ0n) is 8.23. The minimum Gasteiger partial charge on any atom is -0.478 e. The Hall–Kier alpha value is -2.10. The molecule has 0 atom stereocenters. The van der Waals surface area contributed by atoms with Gasteiger partial charge in [0.25, 0.3) is 5.91 Å². The van der Waals surface area contributed by atoms with Gasteiger partial charge in [0.1, 0.15) is 0 Å². The monoisotopic (exact) mass is 205 g/mol. The smallest absolute Gasteiger partial charge is 0.328 e. The van der Waals surface area contributed by atoms with E-state index in [0.717, 1.165) is 11.6 Å². The Kier molecular flexibility index (Phi) is 3.62. The van der Waals surface area contributed by atoms with Crippen LogP contribution >= 0.6 is 0 Å². The minimum absolute atomic E-state index is 0.163. The van der Waals surface area contributed by atoms with E-state index in [1.54, 1.807) is 31.3 Å². The van der Waals surface area contributed by atoms with Gasteiger partial charge in [-0.25, -0.2) is 4.79 Å². The second kappa shape index (κ2) is 4.95. The third-order valence-electron chi connectivity index (χ3n) is 1.82. The summed E-state index contributed by atoms with van der Waals surface area (Å²) in [4.78, 5) is 21.4. The zero-order chi connectivity index (χ0) is 11.3. The van der Waals surface area contributed by atoms with Crippen LogP contribution in [0.25, 0.3) is 6.08 Å². The molecule has 0 aliphatic heterocycles. The van der Waals surface area contributed by atoms with E-state index in [1.165, 1.54) is 6.08 Å². The molecule has 15 heavy (non-hydrogen) atoms. The normalized spacial score (nSPS) is 10.2. The molecular weight excluding hydrogens is 194 g/mol. The van der Waals surface area contributed by atoms with Crippen molar-refractivity contribution in [3.63, 3.8) is 0 Å². The van der Waals surface area contributed by atoms with Gasteiger partial charge in [-0.3, -0.25) is 4.79 Å². The lowest BCUT2D eigenvalue weighted by Crippen LogP contribution is -2.17. The first-order chi connectivity index (χ1) is 7.13. The van der Waals surface area contributed by atoms with E-state index in [-0.39, 0.29) is 5.91 Å². The zero-order valence-corrected chi connectivity index (χ0v) is 8.23. The maximum atomic E-state index is 11.2. The van der Waals surface area contributed by atoms with Crippen molar-refractivity contribution in [1.82, 2.24) is 5.32 Å². The van der Waals surface area contributed by atoms with Gasteiger partial charge in [-0.05, 0) is 23.8 Å². The van der Waals surface area contributed by atoms with Gasteiger partial charge in [-0.15, -0.1) is 0 Å². The summed E-state index contributed by atoms with van der Waals surface area (Å²) >= 11 is 0. The van der Waals surface area contributed by atoms with E-state index >= 15 is 0 Å². The number of amides is 1. The van der Waals surface area contributed by atoms with E-state index in [9.17, 15) is 9.59 Å². The molecule has 0 unspecified atom stereocenters. The van der Waals surface area contributed by atoms with Crippen LogP contribution in [0.4, 0.5) is 0 Å². The van der Waals surface area contributed by atoms with Gasteiger partial charge >= 0.3 is 5.97 Å². The summed E-state index contributed by atoms with van der Waals surface area (Å²) in [6.45, 7) is 0. The predicted octanol–water partition coefficient (Wildman–Crippen LogP) is 1.14. The molecule has 1 aromatic rings. The molecule has 0 spiro atoms. The number of carbonyl (C=O) groups excluding carboxylic acids is 1. The van der Waals surface area contributed by atoms with Gasteiger partial charge in [0.05, 0.1) is 0 Å². The molecule has 78 valence electrons. The number of aliphatic carboxylic acids is 1. The van der Waals surface area contributed by atoms with Crippen LogP contribution in [0.2, 0.25) is 0 Å². The Morgan fingerprint density at radius 3 is 2.33 bits per heavy atom. The van der Waals surface area contributed by atoms with E-state index < -0.39 is 5.97 Å². The maximum Gasteiger partial charge on any atom is 0.328 e. The molecule has 0 fully saturated rings. The summed E-state index contributed by atoms with van der Waals surface area (Å²) < 4.78 is 0. The standard InChI is InChI=1S/C11H11NO3/c1-12-11(15)9-5-2-8(3-6-9)4-7-10(13)14/h2-7H,1H3,(H,12,15)(H,13,14)/b7-4+. The van der Waals surface area contributed by atoms with Crippen molar-refractivity contribution < 1.29 is 14.7 Å². The summed E-state index contributed by atoms with van der Waals surface area (Å²) in [6.07, 6.45) is 2.52. The number of carboxylic acids is 1. The maximum absolute atomic E-state index is 11.2. The largest absolute Gasteiger partial charge is 0.478 e. The Morgan fingerprint density at radius 1 is 1.27 bits per heavy atom. The molecule has 4 nitrogen and oxygen atoms in total. The second-order valence-electron chi connectivity index (χ2n) is 2.87. The third-order valence-corrected chi connectivity index (χ3v) is 1.82. The van der Waals surface area contributed by atoms with E-state index in [1.807, 2.05) is 0 Å². The van der Waals surface area contributed by atoms with E-state index in [2.05, 4.69) is 5.32 Å². The first-order valence-electron chi connectivity index (χ1n) is 4.36. The summed E-state index contributed by atoms with van der Waals surface area (Å²) in [5.74, 6) is -1.16. The van der Waals surface area contributed by atoms with Gasteiger partial charge in [0, 0.05) is 18.7 Å². The molecule has 2 N–H and O–H groups in total. The number of carbonyl (C=O) groups is 2. The summed E-state index contributed by atoms with van der Waals surface area (Å²) in [7, 11) is 1.56. The molecule has 0 saturated heterocycles. The van der Waals surface area contributed by atoms with Gasteiger partial charge < -0.3 is 10.4 Å². The number of hydrogen-bond acceptors (Lipinski definition) is 2. The van der Waals surface area contributed by atoms with Crippen molar-refractivity contribution >= 4 is 18.0 Å². The molecule has 0 aliphatic rings. The van der Waals surface area contributed by atoms with E-state index in [0.29, 0.717) is 5.56 Å². The Morgan fingerprint density at radius 2 is 1.87 bits per heavy atom. The predicted molar refractivity (Wildman–Crippen MR) is 56.5 cm³/mol. The average Bonchev–Trinajstić information content (AvgIpc) is 2.26. The average molecular weight is 205 g/mol. The van der Waals surface area contributed by atoms with Crippen LogP contribution in [0.15, 0.2) is 30.3 Å². The SMILES string of the molecule is CNC(=O)c1ccc(/C=C/C(=O)O)cc1. The second-order valence-corrected chi connectivity index (χ2v) is 2.87. The van der Waals surface area contributed by atoms with Crippen LogP contribution in [0.5, 0.6) is 0 Å². The van der Waals surface area contributed by atoms with Crippen LogP contribution in [0, 0.1) is 0 Å². The molecular formula is C11H11NO3. The quantitative estimate of drug-likeness (QED) is 0.727. The minimum atomic E-state index is -0.995. The number of rotatable bonds is 3. The van der Waals surface area contributed by atoms with Gasteiger partial charge in [-0.1, -0.05) is 12.1 Å². The molecule has 1 rings (SSSR count).